The van der Waals surface area contributed by atoms with Crippen molar-refractivity contribution >= 4 is 11.7 Å². The number of carbonyl (C=O) groups is 2. The summed E-state index contributed by atoms with van der Waals surface area (Å²) in [4.78, 5) is 26.5. The first kappa shape index (κ1) is 27.9. The van der Waals surface area contributed by atoms with Gasteiger partial charge in [-0.3, -0.25) is 9.59 Å². The highest BCUT2D eigenvalue weighted by Gasteiger charge is 2.53. The molecule has 0 aromatic rings. The number of aliphatic hydroxyl groups is 3. The van der Waals surface area contributed by atoms with E-state index in [-0.39, 0.29) is 60.9 Å². The quantitative estimate of drug-likeness (QED) is 0.466. The fourth-order valence-electron chi connectivity index (χ4n) is 6.18. The summed E-state index contributed by atoms with van der Waals surface area (Å²) in [7, 11) is 1.64. The lowest BCUT2D eigenvalue weighted by molar-refractivity contribution is -0.160. The number of hydrogen-bond donors (Lipinski definition) is 3. The van der Waals surface area contributed by atoms with Crippen LogP contribution in [-0.2, 0) is 14.3 Å². The summed E-state index contributed by atoms with van der Waals surface area (Å²) in [5.74, 6) is -0.130. The van der Waals surface area contributed by atoms with E-state index in [4.69, 9.17) is 4.74 Å². The van der Waals surface area contributed by atoms with E-state index in [9.17, 15) is 24.9 Å². The summed E-state index contributed by atoms with van der Waals surface area (Å²) in [6.45, 7) is 11.0. The number of likely N-dealkylation sites (N-methyl/N-ethyl adjacent to an activating group) is 1. The lowest BCUT2D eigenvalue weighted by Gasteiger charge is -2.46. The number of aliphatic hydroxyl groups excluding tert-OH is 2. The van der Waals surface area contributed by atoms with E-state index >= 15 is 0 Å². The molecule has 0 radical (unpaired) electrons. The number of allylic oxidation sites excluding steroid dienone is 1. The maximum Gasteiger partial charge on any atom is 0.255 e. The van der Waals surface area contributed by atoms with Crippen molar-refractivity contribution in [1.29, 1.82) is 0 Å². The molecule has 0 aromatic carbocycles. The molecule has 7 heteroatoms. The Kier molecular flexibility index (Phi) is 8.87. The zero-order valence-corrected chi connectivity index (χ0v) is 22.3. The Morgan fingerprint density at radius 2 is 1.97 bits per heavy atom. The van der Waals surface area contributed by atoms with Crippen LogP contribution in [0.5, 0.6) is 0 Å². The van der Waals surface area contributed by atoms with Crippen LogP contribution in [0.4, 0.5) is 0 Å². The molecular formula is C28H45NO6. The number of ether oxygens (including phenoxy) is 1. The Bertz CT molecular complexity index is 866. The third-order valence-corrected chi connectivity index (χ3v) is 8.55. The summed E-state index contributed by atoms with van der Waals surface area (Å²) in [6.07, 6.45) is 4.00. The molecule has 3 aliphatic rings. The topological polar surface area (TPSA) is 107 Å². The molecule has 2 heterocycles. The summed E-state index contributed by atoms with van der Waals surface area (Å²) in [5, 5.41) is 33.3. The van der Waals surface area contributed by atoms with Crippen molar-refractivity contribution < 1.29 is 29.6 Å². The minimum absolute atomic E-state index is 0.0537. The van der Waals surface area contributed by atoms with E-state index in [1.165, 1.54) is 4.90 Å². The normalized spacial score (nSPS) is 37.0. The number of carbonyl (C=O) groups excluding carboxylic acids is 2. The van der Waals surface area contributed by atoms with Gasteiger partial charge in [0.2, 0.25) is 0 Å². The summed E-state index contributed by atoms with van der Waals surface area (Å²) >= 11 is 0. The lowest BCUT2D eigenvalue weighted by atomic mass is 9.70. The van der Waals surface area contributed by atoms with Gasteiger partial charge in [-0.05, 0) is 55.9 Å². The van der Waals surface area contributed by atoms with Crippen LogP contribution in [0.1, 0.15) is 79.6 Å². The van der Waals surface area contributed by atoms with Crippen LogP contribution in [-0.4, -0.2) is 69.4 Å². The van der Waals surface area contributed by atoms with Crippen LogP contribution in [0.15, 0.2) is 23.0 Å². The zero-order valence-electron chi connectivity index (χ0n) is 22.3. The Morgan fingerprint density at radius 3 is 2.60 bits per heavy atom. The standard InChI is InChI=1S/C28H45NO6/c1-7-16(2)12-17(3)13-19(5)26-18(4)8-9-22(35-26)24-25(32)21(15-29(6)27(24)33)28(34)11-10-20(30)14-23(28)31/h13,16-18,21-23,26,31-32,34H,7-12,14-15H2,1-6H3/b19-13+/t16?,17?,18-,21?,22+,23+,26-,28+/m0/s1. The van der Waals surface area contributed by atoms with Crippen LogP contribution in [0.2, 0.25) is 0 Å². The first-order chi connectivity index (χ1) is 16.4. The van der Waals surface area contributed by atoms with E-state index < -0.39 is 23.7 Å². The van der Waals surface area contributed by atoms with Crippen molar-refractivity contribution in [3.05, 3.63) is 23.0 Å². The predicted molar refractivity (Wildman–Crippen MR) is 135 cm³/mol. The van der Waals surface area contributed by atoms with Crippen LogP contribution < -0.4 is 0 Å². The molecule has 3 N–H and O–H groups in total. The van der Waals surface area contributed by atoms with Gasteiger partial charge >= 0.3 is 0 Å². The summed E-state index contributed by atoms with van der Waals surface area (Å²) < 4.78 is 6.50. The van der Waals surface area contributed by atoms with Crippen molar-refractivity contribution in [2.24, 2.45) is 23.7 Å². The second kappa shape index (κ2) is 11.1. The van der Waals surface area contributed by atoms with Crippen molar-refractivity contribution in [1.82, 2.24) is 4.90 Å². The molecule has 1 amide bonds. The molecular weight excluding hydrogens is 446 g/mol. The molecule has 2 aliphatic heterocycles. The molecule has 0 bridgehead atoms. The molecule has 1 saturated heterocycles. The molecule has 1 aliphatic carbocycles. The number of rotatable bonds is 7. The zero-order chi connectivity index (χ0) is 26.1. The number of Topliss-reactive ketones (excluding diaryl/α,β-unsaturated/α-hetero) is 1. The van der Waals surface area contributed by atoms with Gasteiger partial charge in [-0.25, -0.2) is 0 Å². The second-order valence-electron chi connectivity index (χ2n) is 11.5. The third-order valence-electron chi connectivity index (χ3n) is 8.55. The highest BCUT2D eigenvalue weighted by Crippen LogP contribution is 2.42. The largest absolute Gasteiger partial charge is 0.511 e. The maximum atomic E-state index is 13.2. The molecule has 8 atom stereocenters. The molecule has 0 aromatic heterocycles. The van der Waals surface area contributed by atoms with Crippen molar-refractivity contribution in [3.8, 4) is 0 Å². The molecule has 198 valence electrons. The Hall–Kier alpha value is -1.70. The van der Waals surface area contributed by atoms with Crippen molar-refractivity contribution in [3.63, 3.8) is 0 Å². The van der Waals surface area contributed by atoms with Crippen molar-refractivity contribution in [2.75, 3.05) is 13.6 Å². The van der Waals surface area contributed by atoms with Gasteiger partial charge in [-0.1, -0.05) is 40.2 Å². The Morgan fingerprint density at radius 1 is 1.29 bits per heavy atom. The highest BCUT2D eigenvalue weighted by molar-refractivity contribution is 5.96. The molecule has 2 fully saturated rings. The fraction of sp³-hybridized carbons (Fsp3) is 0.786. The number of amides is 1. The first-order valence-electron chi connectivity index (χ1n) is 13.3. The van der Waals surface area contributed by atoms with Gasteiger partial charge in [0.1, 0.15) is 17.1 Å². The van der Waals surface area contributed by atoms with Gasteiger partial charge < -0.3 is 25.0 Å². The Labute approximate surface area is 210 Å². The van der Waals surface area contributed by atoms with Gasteiger partial charge in [0.15, 0.2) is 0 Å². The summed E-state index contributed by atoms with van der Waals surface area (Å²) in [5.41, 5.74) is -0.342. The average molecular weight is 492 g/mol. The predicted octanol–water partition coefficient (Wildman–Crippen LogP) is 3.93. The summed E-state index contributed by atoms with van der Waals surface area (Å²) in [6, 6.07) is 0. The fourth-order valence-corrected chi connectivity index (χ4v) is 6.18. The minimum atomic E-state index is -1.67. The third kappa shape index (κ3) is 5.83. The minimum Gasteiger partial charge on any atom is -0.511 e. The highest BCUT2D eigenvalue weighted by atomic mass is 16.5. The number of hydrogen-bond acceptors (Lipinski definition) is 6. The van der Waals surface area contributed by atoms with E-state index in [1.54, 1.807) is 7.05 Å². The number of ketones is 1. The monoisotopic (exact) mass is 491 g/mol. The number of nitrogens with zero attached hydrogens (tertiary/aromatic N) is 1. The van der Waals surface area contributed by atoms with E-state index in [2.05, 4.69) is 40.7 Å². The van der Waals surface area contributed by atoms with E-state index in [0.717, 1.165) is 24.8 Å². The maximum absolute atomic E-state index is 13.2. The average Bonchev–Trinajstić information content (AvgIpc) is 2.79. The van der Waals surface area contributed by atoms with Crippen LogP contribution >= 0.6 is 0 Å². The van der Waals surface area contributed by atoms with Crippen LogP contribution in [0.3, 0.4) is 0 Å². The molecule has 35 heavy (non-hydrogen) atoms. The second-order valence-corrected chi connectivity index (χ2v) is 11.5. The first-order valence-corrected chi connectivity index (χ1v) is 13.3. The van der Waals surface area contributed by atoms with Gasteiger partial charge in [0.25, 0.3) is 5.91 Å². The van der Waals surface area contributed by atoms with Gasteiger partial charge in [-0.15, -0.1) is 0 Å². The van der Waals surface area contributed by atoms with Crippen LogP contribution in [0, 0.1) is 23.7 Å². The SMILES string of the molecule is CCC(C)CC(C)/C=C(\C)[C@H]1O[C@@H](C2=C(O)C([C@]3(O)CCC(=O)C[C@H]3O)CN(C)C2=O)CC[C@@H]1C. The van der Waals surface area contributed by atoms with Gasteiger partial charge in [0.05, 0.1) is 29.8 Å². The van der Waals surface area contributed by atoms with Crippen LogP contribution in [0.25, 0.3) is 0 Å². The van der Waals surface area contributed by atoms with E-state index in [1.807, 2.05) is 0 Å². The Balaban J connectivity index is 1.88. The molecule has 0 spiro atoms. The molecule has 1 saturated carbocycles. The van der Waals surface area contributed by atoms with Gasteiger partial charge in [0, 0.05) is 26.4 Å². The van der Waals surface area contributed by atoms with Crippen molar-refractivity contribution in [2.45, 2.75) is 103 Å². The molecule has 3 unspecified atom stereocenters. The van der Waals surface area contributed by atoms with E-state index in [0.29, 0.717) is 18.3 Å². The van der Waals surface area contributed by atoms with Gasteiger partial charge in [-0.2, -0.15) is 0 Å². The smallest absolute Gasteiger partial charge is 0.255 e. The molecule has 3 rings (SSSR count). The molecule has 7 nitrogen and oxygen atoms in total. The lowest BCUT2D eigenvalue weighted by Crippen LogP contribution is -2.59.